The van der Waals surface area contributed by atoms with Crippen molar-refractivity contribution >= 4 is 11.9 Å². The maximum atomic E-state index is 12.3. The molecule has 0 radical (unpaired) electrons. The van der Waals surface area contributed by atoms with Gasteiger partial charge in [0.15, 0.2) is 0 Å². The molecule has 1 aliphatic rings. The normalized spacial score (nSPS) is 17.9. The first-order chi connectivity index (χ1) is 9.10. The summed E-state index contributed by atoms with van der Waals surface area (Å²) in [4.78, 5) is 22.8. The van der Waals surface area contributed by atoms with Crippen LogP contribution in [0, 0.1) is 0 Å². The molecular formula is C14H26N2O3. The fraction of sp³-hybridized carbons (Fsp3) is 0.857. The molecule has 1 amide bonds. The van der Waals surface area contributed by atoms with Crippen molar-refractivity contribution in [2.45, 2.75) is 63.8 Å². The first-order valence-corrected chi connectivity index (χ1v) is 7.36. The second-order valence-corrected chi connectivity index (χ2v) is 5.32. The summed E-state index contributed by atoms with van der Waals surface area (Å²) >= 11 is 0. The van der Waals surface area contributed by atoms with E-state index in [1.54, 1.807) is 0 Å². The average molecular weight is 270 g/mol. The minimum absolute atomic E-state index is 0.0874. The molecular weight excluding hydrogens is 244 g/mol. The maximum Gasteiger partial charge on any atom is 0.303 e. The molecule has 110 valence electrons. The van der Waals surface area contributed by atoms with Crippen LogP contribution in [0.5, 0.6) is 0 Å². The number of aliphatic carboxylic acids is 1. The Hall–Kier alpha value is -1.10. The van der Waals surface area contributed by atoms with E-state index in [4.69, 9.17) is 5.11 Å². The van der Waals surface area contributed by atoms with E-state index >= 15 is 0 Å². The molecule has 0 aromatic carbocycles. The summed E-state index contributed by atoms with van der Waals surface area (Å²) in [5.41, 5.74) is -0.466. The number of hydrogen-bond donors (Lipinski definition) is 3. The first kappa shape index (κ1) is 16.0. The molecule has 19 heavy (non-hydrogen) atoms. The monoisotopic (exact) mass is 270 g/mol. The van der Waals surface area contributed by atoms with E-state index in [1.807, 2.05) is 6.92 Å². The van der Waals surface area contributed by atoms with Crippen LogP contribution in [0.15, 0.2) is 0 Å². The first-order valence-electron chi connectivity index (χ1n) is 7.36. The smallest absolute Gasteiger partial charge is 0.303 e. The standard InChI is InChI=1S/C14H26N2O3/c1-2-10-15-13(19)14(8-4-3-5-9-14)16-11-6-7-12(17)18/h16H,2-11H2,1H3,(H,15,19)(H,17,18). The zero-order chi connectivity index (χ0) is 14.1. The lowest BCUT2D eigenvalue weighted by Crippen LogP contribution is -2.58. The Morgan fingerprint density at radius 1 is 1.16 bits per heavy atom. The summed E-state index contributed by atoms with van der Waals surface area (Å²) in [5, 5.41) is 14.9. The molecule has 0 aliphatic heterocycles. The molecule has 1 aliphatic carbocycles. The largest absolute Gasteiger partial charge is 0.481 e. The van der Waals surface area contributed by atoms with Crippen molar-refractivity contribution in [2.24, 2.45) is 0 Å². The van der Waals surface area contributed by atoms with Crippen molar-refractivity contribution in [3.63, 3.8) is 0 Å². The summed E-state index contributed by atoms with van der Waals surface area (Å²) in [6.07, 6.45) is 6.67. The van der Waals surface area contributed by atoms with Gasteiger partial charge in [-0.3, -0.25) is 9.59 Å². The number of carbonyl (C=O) groups excluding carboxylic acids is 1. The van der Waals surface area contributed by atoms with Crippen LogP contribution in [0.1, 0.15) is 58.3 Å². The second kappa shape index (κ2) is 8.15. The van der Waals surface area contributed by atoms with Gasteiger partial charge in [0.05, 0.1) is 5.54 Å². The van der Waals surface area contributed by atoms with Crippen LogP contribution in [-0.2, 0) is 9.59 Å². The van der Waals surface area contributed by atoms with E-state index < -0.39 is 11.5 Å². The van der Waals surface area contributed by atoms with Gasteiger partial charge >= 0.3 is 5.97 Å². The van der Waals surface area contributed by atoms with Crippen molar-refractivity contribution in [3.05, 3.63) is 0 Å². The number of carbonyl (C=O) groups is 2. The number of amides is 1. The van der Waals surface area contributed by atoms with E-state index in [1.165, 1.54) is 6.42 Å². The van der Waals surface area contributed by atoms with Crippen molar-refractivity contribution in [3.8, 4) is 0 Å². The Balaban J connectivity index is 2.49. The van der Waals surface area contributed by atoms with Gasteiger partial charge in [0.1, 0.15) is 0 Å². The Labute approximate surface area is 115 Å². The summed E-state index contributed by atoms with van der Waals surface area (Å²) < 4.78 is 0. The zero-order valence-corrected chi connectivity index (χ0v) is 11.8. The van der Waals surface area contributed by atoms with Crippen LogP contribution in [0.3, 0.4) is 0 Å². The fourth-order valence-corrected chi connectivity index (χ4v) is 2.61. The molecule has 1 fully saturated rings. The minimum atomic E-state index is -0.782. The molecule has 5 heteroatoms. The van der Waals surface area contributed by atoms with Crippen molar-refractivity contribution in [1.29, 1.82) is 0 Å². The summed E-state index contributed by atoms with van der Waals surface area (Å²) in [6, 6.07) is 0. The lowest BCUT2D eigenvalue weighted by molar-refractivity contribution is -0.137. The summed E-state index contributed by atoms with van der Waals surface area (Å²) in [7, 11) is 0. The number of carboxylic acids is 1. The zero-order valence-electron chi connectivity index (χ0n) is 11.8. The highest BCUT2D eigenvalue weighted by molar-refractivity contribution is 5.86. The quantitative estimate of drug-likeness (QED) is 0.586. The Bertz CT molecular complexity index is 299. The van der Waals surface area contributed by atoms with E-state index in [0.717, 1.165) is 32.1 Å². The van der Waals surface area contributed by atoms with Crippen LogP contribution in [0.4, 0.5) is 0 Å². The molecule has 0 aromatic rings. The molecule has 5 nitrogen and oxygen atoms in total. The molecule has 1 rings (SSSR count). The Morgan fingerprint density at radius 3 is 2.42 bits per heavy atom. The maximum absolute atomic E-state index is 12.3. The number of carboxylic acid groups (broad SMARTS) is 1. The second-order valence-electron chi connectivity index (χ2n) is 5.32. The van der Waals surface area contributed by atoms with E-state index in [9.17, 15) is 9.59 Å². The van der Waals surface area contributed by atoms with Gasteiger partial charge in [-0.25, -0.2) is 0 Å². The Morgan fingerprint density at radius 2 is 1.84 bits per heavy atom. The topological polar surface area (TPSA) is 78.4 Å². The molecule has 3 N–H and O–H groups in total. The molecule has 0 unspecified atom stereocenters. The van der Waals surface area contributed by atoms with Crippen molar-refractivity contribution < 1.29 is 14.7 Å². The molecule has 0 saturated heterocycles. The highest BCUT2D eigenvalue weighted by atomic mass is 16.4. The molecule has 0 atom stereocenters. The van der Waals surface area contributed by atoms with Crippen LogP contribution in [-0.4, -0.2) is 35.6 Å². The van der Waals surface area contributed by atoms with E-state index in [2.05, 4.69) is 10.6 Å². The summed E-state index contributed by atoms with van der Waals surface area (Å²) in [6.45, 7) is 3.33. The minimum Gasteiger partial charge on any atom is -0.481 e. The van der Waals surface area contributed by atoms with Gasteiger partial charge in [0, 0.05) is 13.0 Å². The van der Waals surface area contributed by atoms with Gasteiger partial charge in [-0.05, 0) is 32.2 Å². The lowest BCUT2D eigenvalue weighted by Gasteiger charge is -2.37. The third kappa shape index (κ3) is 5.19. The van der Waals surface area contributed by atoms with Gasteiger partial charge in [-0.15, -0.1) is 0 Å². The van der Waals surface area contributed by atoms with Gasteiger partial charge in [-0.1, -0.05) is 26.2 Å². The molecule has 0 spiro atoms. The van der Waals surface area contributed by atoms with E-state index in [-0.39, 0.29) is 12.3 Å². The number of rotatable bonds is 8. The van der Waals surface area contributed by atoms with Crippen LogP contribution >= 0.6 is 0 Å². The molecule has 0 bridgehead atoms. The number of nitrogens with one attached hydrogen (secondary N) is 2. The van der Waals surface area contributed by atoms with Crippen LogP contribution in [0.25, 0.3) is 0 Å². The van der Waals surface area contributed by atoms with Crippen molar-refractivity contribution in [2.75, 3.05) is 13.1 Å². The van der Waals surface area contributed by atoms with Gasteiger partial charge in [0.2, 0.25) is 5.91 Å². The Kier molecular flexibility index (Phi) is 6.84. The van der Waals surface area contributed by atoms with Crippen LogP contribution in [0.2, 0.25) is 0 Å². The predicted octanol–water partition coefficient (Wildman–Crippen LogP) is 1.67. The van der Waals surface area contributed by atoms with Gasteiger partial charge in [-0.2, -0.15) is 0 Å². The lowest BCUT2D eigenvalue weighted by atomic mass is 9.80. The van der Waals surface area contributed by atoms with E-state index in [0.29, 0.717) is 19.5 Å². The summed E-state index contributed by atoms with van der Waals surface area (Å²) in [5.74, 6) is -0.695. The SMILES string of the molecule is CCCNC(=O)C1(NCCCC(=O)O)CCCCC1. The predicted molar refractivity (Wildman–Crippen MR) is 74.0 cm³/mol. The molecule has 0 heterocycles. The average Bonchev–Trinajstić information content (AvgIpc) is 2.42. The third-order valence-corrected chi connectivity index (χ3v) is 3.71. The fourth-order valence-electron chi connectivity index (χ4n) is 2.61. The highest BCUT2D eigenvalue weighted by Gasteiger charge is 2.38. The van der Waals surface area contributed by atoms with Gasteiger partial charge < -0.3 is 15.7 Å². The third-order valence-electron chi connectivity index (χ3n) is 3.71. The molecule has 0 aromatic heterocycles. The van der Waals surface area contributed by atoms with Gasteiger partial charge in [0.25, 0.3) is 0 Å². The number of hydrogen-bond acceptors (Lipinski definition) is 3. The van der Waals surface area contributed by atoms with Crippen molar-refractivity contribution in [1.82, 2.24) is 10.6 Å². The molecule has 1 saturated carbocycles. The highest BCUT2D eigenvalue weighted by Crippen LogP contribution is 2.28. The van der Waals surface area contributed by atoms with Crippen LogP contribution < -0.4 is 10.6 Å².